The molecule has 0 bridgehead atoms. The Bertz CT molecular complexity index is 1260. The summed E-state index contributed by atoms with van der Waals surface area (Å²) in [5, 5.41) is 86.4. The fraction of sp³-hybridized carbons (Fsp3) is 0.766. The van der Waals surface area contributed by atoms with Gasteiger partial charge in [-0.2, -0.15) is 0 Å². The predicted octanol–water partition coefficient (Wildman–Crippen LogP) is 4.71. The molecule has 2 heterocycles. The van der Waals surface area contributed by atoms with E-state index in [4.69, 9.17) is 18.9 Å². The quantitative estimate of drug-likeness (QED) is 0.0322. The van der Waals surface area contributed by atoms with Crippen LogP contribution in [-0.4, -0.2) is 140 Å². The second kappa shape index (κ2) is 34.1. The van der Waals surface area contributed by atoms with Gasteiger partial charge in [-0.15, -0.1) is 0 Å². The Morgan fingerprint density at radius 2 is 1.13 bits per heavy atom. The molecule has 0 aromatic rings. The average Bonchev–Trinajstić information content (AvgIpc) is 3.26. The molecule has 14 heteroatoms. The molecule has 0 radical (unpaired) electrons. The van der Waals surface area contributed by atoms with Gasteiger partial charge in [-0.1, -0.05) is 132 Å². The maximum absolute atomic E-state index is 13.1. The molecule has 2 fully saturated rings. The number of ether oxygens (including phenoxy) is 4. The molecular weight excluding hydrogens is 787 g/mol. The number of allylic oxidation sites excluding steroid dienone is 10. The zero-order valence-electron chi connectivity index (χ0n) is 36.9. The highest BCUT2D eigenvalue weighted by molar-refractivity contribution is 5.76. The first-order valence-electron chi connectivity index (χ1n) is 23.0. The largest absolute Gasteiger partial charge is 0.394 e. The van der Waals surface area contributed by atoms with Gasteiger partial charge in [-0.3, -0.25) is 4.79 Å². The van der Waals surface area contributed by atoms with Gasteiger partial charge in [0.25, 0.3) is 0 Å². The zero-order chi connectivity index (χ0) is 44.7. The normalized spacial score (nSPS) is 28.6. The molecule has 352 valence electrons. The van der Waals surface area contributed by atoms with Crippen molar-refractivity contribution < 1.29 is 64.6 Å². The van der Waals surface area contributed by atoms with Crippen LogP contribution in [0.15, 0.2) is 60.8 Å². The van der Waals surface area contributed by atoms with E-state index in [1.54, 1.807) is 0 Å². The number of hydrogen-bond acceptors (Lipinski definition) is 13. The summed E-state index contributed by atoms with van der Waals surface area (Å²) in [7, 11) is 0. The molecule has 0 saturated carbocycles. The third-order valence-electron chi connectivity index (χ3n) is 11.0. The van der Waals surface area contributed by atoms with E-state index in [9.17, 15) is 45.6 Å². The fourth-order valence-corrected chi connectivity index (χ4v) is 7.20. The van der Waals surface area contributed by atoms with Crippen molar-refractivity contribution in [3.05, 3.63) is 60.8 Å². The molecule has 12 atom stereocenters. The van der Waals surface area contributed by atoms with Crippen LogP contribution in [0.4, 0.5) is 0 Å². The summed E-state index contributed by atoms with van der Waals surface area (Å²) >= 11 is 0. The van der Waals surface area contributed by atoms with Gasteiger partial charge in [0, 0.05) is 6.42 Å². The minimum Gasteiger partial charge on any atom is -0.394 e. The summed E-state index contributed by atoms with van der Waals surface area (Å²) in [6.45, 7) is 2.63. The van der Waals surface area contributed by atoms with E-state index in [1.165, 1.54) is 25.7 Å². The Hall–Kier alpha value is -2.31. The Kier molecular flexibility index (Phi) is 30.7. The topological polar surface area (TPSA) is 228 Å². The number of rotatable bonds is 33. The number of hydrogen-bond donors (Lipinski definition) is 9. The van der Waals surface area contributed by atoms with E-state index in [0.29, 0.717) is 12.8 Å². The lowest BCUT2D eigenvalue weighted by Crippen LogP contribution is -2.65. The van der Waals surface area contributed by atoms with Crippen LogP contribution in [0.2, 0.25) is 0 Å². The lowest BCUT2D eigenvalue weighted by molar-refractivity contribution is -0.359. The number of aliphatic hydroxyl groups is 8. The van der Waals surface area contributed by atoms with Crippen molar-refractivity contribution in [1.29, 1.82) is 0 Å². The van der Waals surface area contributed by atoms with Crippen LogP contribution in [0, 0.1) is 0 Å². The number of amides is 1. The molecule has 2 rings (SSSR count). The Morgan fingerprint density at radius 3 is 1.72 bits per heavy atom. The average molecular weight is 868 g/mol. The number of carbonyl (C=O) groups excluding carboxylic acids is 1. The highest BCUT2D eigenvalue weighted by Crippen LogP contribution is 2.30. The maximum Gasteiger partial charge on any atom is 0.220 e. The molecule has 9 N–H and O–H groups in total. The molecular formula is C47H81NO13. The lowest BCUT2D eigenvalue weighted by Gasteiger charge is -2.46. The summed E-state index contributed by atoms with van der Waals surface area (Å²) in [4.78, 5) is 13.1. The first kappa shape index (κ1) is 54.8. The van der Waals surface area contributed by atoms with Gasteiger partial charge in [0.05, 0.1) is 32.0 Å². The molecule has 1 amide bonds. The summed E-state index contributed by atoms with van der Waals surface area (Å²) in [6, 6.07) is -0.845. The van der Waals surface area contributed by atoms with Crippen LogP contribution >= 0.6 is 0 Å². The molecule has 2 saturated heterocycles. The molecule has 12 unspecified atom stereocenters. The van der Waals surface area contributed by atoms with E-state index in [-0.39, 0.29) is 18.9 Å². The van der Waals surface area contributed by atoms with Gasteiger partial charge >= 0.3 is 0 Å². The molecule has 2 aliphatic heterocycles. The van der Waals surface area contributed by atoms with E-state index in [0.717, 1.165) is 77.0 Å². The van der Waals surface area contributed by atoms with Crippen LogP contribution in [0.3, 0.4) is 0 Å². The highest BCUT2D eigenvalue weighted by Gasteiger charge is 2.51. The second-order valence-electron chi connectivity index (χ2n) is 16.2. The zero-order valence-corrected chi connectivity index (χ0v) is 36.9. The van der Waals surface area contributed by atoms with Crippen molar-refractivity contribution in [3.63, 3.8) is 0 Å². The highest BCUT2D eigenvalue weighted by atomic mass is 16.7. The SMILES string of the molecule is CC/C=C\C/C=C\C/C=C\C/C=C\C/C=C\CCCCCC(=O)NC(COC1OC(CO)C(OC2OC(CO)C(O)C(O)C2O)C(O)C1O)C(O)CCCCCCCCCC. The van der Waals surface area contributed by atoms with Gasteiger partial charge in [-0.05, 0) is 57.8 Å². The third kappa shape index (κ3) is 22.2. The van der Waals surface area contributed by atoms with Gasteiger partial charge in [-0.25, -0.2) is 0 Å². The summed E-state index contributed by atoms with van der Waals surface area (Å²) < 4.78 is 22.6. The molecule has 0 aromatic heterocycles. The van der Waals surface area contributed by atoms with Crippen molar-refractivity contribution in [2.24, 2.45) is 0 Å². The van der Waals surface area contributed by atoms with Gasteiger partial charge in [0.15, 0.2) is 12.6 Å². The van der Waals surface area contributed by atoms with E-state index >= 15 is 0 Å². The van der Waals surface area contributed by atoms with Gasteiger partial charge in [0.1, 0.15) is 48.8 Å². The van der Waals surface area contributed by atoms with E-state index < -0.39 is 86.8 Å². The number of aliphatic hydroxyl groups excluding tert-OH is 8. The molecule has 0 aliphatic carbocycles. The van der Waals surface area contributed by atoms with Crippen LogP contribution in [0.1, 0.15) is 136 Å². The van der Waals surface area contributed by atoms with Crippen LogP contribution in [0.5, 0.6) is 0 Å². The summed E-state index contributed by atoms with van der Waals surface area (Å²) in [6.07, 6.45) is 22.5. The van der Waals surface area contributed by atoms with Crippen molar-refractivity contribution in [3.8, 4) is 0 Å². The number of carbonyl (C=O) groups is 1. The molecule has 61 heavy (non-hydrogen) atoms. The first-order valence-corrected chi connectivity index (χ1v) is 23.0. The smallest absolute Gasteiger partial charge is 0.220 e. The van der Waals surface area contributed by atoms with E-state index in [2.05, 4.69) is 79.9 Å². The predicted molar refractivity (Wildman–Crippen MR) is 235 cm³/mol. The van der Waals surface area contributed by atoms with Gasteiger partial charge < -0.3 is 65.1 Å². The lowest BCUT2D eigenvalue weighted by atomic mass is 9.97. The van der Waals surface area contributed by atoms with E-state index in [1.807, 2.05) is 0 Å². The van der Waals surface area contributed by atoms with Crippen molar-refractivity contribution >= 4 is 5.91 Å². The second-order valence-corrected chi connectivity index (χ2v) is 16.2. The fourth-order valence-electron chi connectivity index (χ4n) is 7.20. The van der Waals surface area contributed by atoms with Crippen LogP contribution in [-0.2, 0) is 23.7 Å². The standard InChI is InChI=1S/C47H81NO13/c1-3-5-7-9-11-13-14-15-16-17-18-19-20-21-22-23-25-27-29-31-39(52)48-35(36(51)30-28-26-24-12-10-8-6-4-2)34-58-46-44(57)42(55)45(38(33-50)60-46)61-47-43(56)41(54)40(53)37(32-49)59-47/h5,7,11,13,15-16,18-19,21-22,35-38,40-47,49-51,53-57H,3-4,6,8-10,12,14,17,20,23-34H2,1-2H3,(H,48,52)/b7-5-,13-11-,16-15-,19-18-,22-21-. The molecule has 0 aromatic carbocycles. The molecule has 2 aliphatic rings. The Balaban J connectivity index is 1.85. The Morgan fingerprint density at radius 1 is 0.607 bits per heavy atom. The van der Waals surface area contributed by atoms with Gasteiger partial charge in [0.2, 0.25) is 5.91 Å². The third-order valence-corrected chi connectivity index (χ3v) is 11.0. The van der Waals surface area contributed by atoms with Crippen LogP contribution < -0.4 is 5.32 Å². The summed E-state index contributed by atoms with van der Waals surface area (Å²) in [5.41, 5.74) is 0. The number of nitrogens with one attached hydrogen (secondary N) is 1. The van der Waals surface area contributed by atoms with Crippen molar-refractivity contribution in [2.45, 2.75) is 209 Å². The first-order chi connectivity index (χ1) is 29.6. The number of unbranched alkanes of at least 4 members (excludes halogenated alkanes) is 10. The minimum absolute atomic E-state index is 0.246. The van der Waals surface area contributed by atoms with Crippen molar-refractivity contribution in [1.82, 2.24) is 5.32 Å². The maximum atomic E-state index is 13.1. The summed E-state index contributed by atoms with van der Waals surface area (Å²) in [5.74, 6) is -0.246. The minimum atomic E-state index is -1.79. The van der Waals surface area contributed by atoms with Crippen LogP contribution in [0.25, 0.3) is 0 Å². The monoisotopic (exact) mass is 868 g/mol. The van der Waals surface area contributed by atoms with Crippen molar-refractivity contribution in [2.75, 3.05) is 19.8 Å². The molecule has 14 nitrogen and oxygen atoms in total. The Labute approximate surface area is 365 Å². The molecule has 0 spiro atoms.